The summed E-state index contributed by atoms with van der Waals surface area (Å²) in [5.41, 5.74) is 7.13. The highest BCUT2D eigenvalue weighted by molar-refractivity contribution is 6.31. The van der Waals surface area contributed by atoms with Crippen LogP contribution in [0.2, 0.25) is 5.02 Å². The minimum Gasteiger partial charge on any atom is -0.325 e. The zero-order chi connectivity index (χ0) is 24.4. The summed E-state index contributed by atoms with van der Waals surface area (Å²) >= 11 is 6.19. The van der Waals surface area contributed by atoms with Crippen LogP contribution in [0.1, 0.15) is 35.1 Å². The molecule has 2 aliphatic rings. The first-order chi connectivity index (χ1) is 17.0. The molecule has 5 rings (SSSR count). The average Bonchev–Trinajstić information content (AvgIpc) is 2.85. The van der Waals surface area contributed by atoms with Crippen molar-refractivity contribution < 1.29 is 4.79 Å². The fraction of sp³-hybridized carbons (Fsp3) is 0.310. The van der Waals surface area contributed by atoms with Gasteiger partial charge >= 0.3 is 0 Å². The molecule has 0 saturated carbocycles. The van der Waals surface area contributed by atoms with E-state index in [4.69, 9.17) is 11.6 Å². The third kappa shape index (κ3) is 4.83. The van der Waals surface area contributed by atoms with Gasteiger partial charge in [0.1, 0.15) is 0 Å². The van der Waals surface area contributed by atoms with E-state index >= 15 is 0 Å². The normalized spacial score (nSPS) is 16.9. The Balaban J connectivity index is 1.42. The third-order valence-electron chi connectivity index (χ3n) is 7.28. The molecular weight excluding hydrogens is 456 g/mol. The number of fused-ring (bicyclic) bond motifs is 2. The first kappa shape index (κ1) is 23.6. The van der Waals surface area contributed by atoms with E-state index in [0.29, 0.717) is 17.1 Å². The number of halogens is 1. The Morgan fingerprint density at radius 3 is 2.69 bits per heavy atom. The molecule has 35 heavy (non-hydrogen) atoms. The fourth-order valence-electron chi connectivity index (χ4n) is 5.68. The van der Waals surface area contributed by atoms with Crippen molar-refractivity contribution in [3.8, 4) is 17.2 Å². The summed E-state index contributed by atoms with van der Waals surface area (Å²) < 4.78 is 0. The number of nitriles is 1. The van der Waals surface area contributed by atoms with Crippen molar-refractivity contribution in [2.75, 3.05) is 31.5 Å². The highest BCUT2D eigenvalue weighted by Gasteiger charge is 2.43. The molecule has 0 aromatic heterocycles. The maximum atomic E-state index is 13.1. The molecule has 0 bridgehead atoms. The number of amides is 1. The number of hydrogen-bond donors (Lipinski definition) is 2. The molecule has 2 N–H and O–H groups in total. The van der Waals surface area contributed by atoms with Crippen molar-refractivity contribution in [1.82, 2.24) is 10.2 Å². The minimum atomic E-state index is -0.159. The molecule has 2 aliphatic heterocycles. The second-order valence-electron chi connectivity index (χ2n) is 9.58. The summed E-state index contributed by atoms with van der Waals surface area (Å²) in [4.78, 5) is 15.5. The van der Waals surface area contributed by atoms with E-state index in [2.05, 4.69) is 45.9 Å². The molecule has 178 valence electrons. The third-order valence-corrected chi connectivity index (χ3v) is 7.50. The van der Waals surface area contributed by atoms with Crippen molar-refractivity contribution in [3.63, 3.8) is 0 Å². The zero-order valence-corrected chi connectivity index (χ0v) is 20.7. The monoisotopic (exact) mass is 484 g/mol. The smallest absolute Gasteiger partial charge is 0.238 e. The Hall–Kier alpha value is -3.17. The average molecular weight is 485 g/mol. The van der Waals surface area contributed by atoms with Crippen LogP contribution in [0.25, 0.3) is 11.1 Å². The molecule has 1 fully saturated rings. The van der Waals surface area contributed by atoms with E-state index in [0.717, 1.165) is 61.3 Å². The van der Waals surface area contributed by atoms with E-state index in [-0.39, 0.29) is 11.4 Å². The van der Waals surface area contributed by atoms with Crippen molar-refractivity contribution >= 4 is 23.2 Å². The predicted octanol–water partition coefficient (Wildman–Crippen LogP) is 5.26. The van der Waals surface area contributed by atoms with Gasteiger partial charge in [0.05, 0.1) is 18.2 Å². The maximum Gasteiger partial charge on any atom is 0.238 e. The summed E-state index contributed by atoms with van der Waals surface area (Å²) in [5.74, 6) is -0.0158. The van der Waals surface area contributed by atoms with E-state index in [1.54, 1.807) is 6.07 Å². The number of anilines is 1. The van der Waals surface area contributed by atoms with Crippen LogP contribution in [0.5, 0.6) is 0 Å². The maximum absolute atomic E-state index is 13.1. The predicted molar refractivity (Wildman–Crippen MR) is 140 cm³/mol. The number of rotatable bonds is 4. The molecular formula is C29H29ClN4O. The van der Waals surface area contributed by atoms with Crippen molar-refractivity contribution in [2.24, 2.45) is 0 Å². The van der Waals surface area contributed by atoms with Gasteiger partial charge in [-0.2, -0.15) is 5.26 Å². The molecule has 3 aromatic carbocycles. The second-order valence-corrected chi connectivity index (χ2v) is 10.0. The number of piperidine rings is 1. The van der Waals surface area contributed by atoms with Gasteiger partial charge in [-0.05, 0) is 97.4 Å². The Labute approximate surface area is 211 Å². The molecule has 5 nitrogen and oxygen atoms in total. The number of carbonyl (C=O) groups excluding carboxylic acids is 1. The highest BCUT2D eigenvalue weighted by Crippen LogP contribution is 2.43. The first-order valence-corrected chi connectivity index (χ1v) is 12.5. The molecule has 0 unspecified atom stereocenters. The standard InChI is InChI=1S/C29H29ClN4O/c1-20-13-25(30)17-26(14-20)33-28(35)19-34-12-7-24-16-23(22-4-2-3-21(15-22)18-31)5-6-27(24)29(34)8-10-32-11-9-29/h2-6,13-17,32H,7-12,19H2,1H3,(H,33,35). The van der Waals surface area contributed by atoms with Crippen LogP contribution >= 0.6 is 11.6 Å². The summed E-state index contributed by atoms with van der Waals surface area (Å²) in [6.07, 6.45) is 2.82. The zero-order valence-electron chi connectivity index (χ0n) is 19.9. The second kappa shape index (κ2) is 9.83. The number of nitrogens with one attached hydrogen (secondary N) is 2. The van der Waals surface area contributed by atoms with Crippen LogP contribution in [-0.4, -0.2) is 37.0 Å². The van der Waals surface area contributed by atoms with Crippen LogP contribution in [0.4, 0.5) is 5.69 Å². The SMILES string of the molecule is Cc1cc(Cl)cc(NC(=O)CN2CCc3cc(-c4cccc(C#N)c4)ccc3C23CCNCC3)c1. The number of aryl methyl sites for hydroxylation is 1. The van der Waals surface area contributed by atoms with E-state index in [1.165, 1.54) is 11.1 Å². The minimum absolute atomic E-state index is 0.0158. The summed E-state index contributed by atoms with van der Waals surface area (Å²) in [5, 5.41) is 16.5. The van der Waals surface area contributed by atoms with Gasteiger partial charge in [-0.15, -0.1) is 0 Å². The Kier molecular flexibility index (Phi) is 6.62. The van der Waals surface area contributed by atoms with Crippen LogP contribution in [-0.2, 0) is 16.8 Å². The molecule has 6 heteroatoms. The van der Waals surface area contributed by atoms with Gasteiger partial charge in [0, 0.05) is 22.8 Å². The van der Waals surface area contributed by atoms with Gasteiger partial charge in [0.25, 0.3) is 0 Å². The topological polar surface area (TPSA) is 68.2 Å². The van der Waals surface area contributed by atoms with Crippen molar-refractivity contribution in [2.45, 2.75) is 31.7 Å². The molecule has 0 aliphatic carbocycles. The van der Waals surface area contributed by atoms with E-state index in [9.17, 15) is 10.1 Å². The largest absolute Gasteiger partial charge is 0.325 e. The van der Waals surface area contributed by atoms with Crippen LogP contribution in [0.15, 0.2) is 60.7 Å². The Morgan fingerprint density at radius 1 is 1.11 bits per heavy atom. The van der Waals surface area contributed by atoms with Crippen LogP contribution in [0.3, 0.4) is 0 Å². The van der Waals surface area contributed by atoms with Crippen molar-refractivity contribution in [1.29, 1.82) is 5.26 Å². The number of carbonyl (C=O) groups is 1. The lowest BCUT2D eigenvalue weighted by molar-refractivity contribution is -0.119. The molecule has 1 saturated heterocycles. The summed E-state index contributed by atoms with van der Waals surface area (Å²) in [6, 6.07) is 22.3. The Morgan fingerprint density at radius 2 is 1.91 bits per heavy atom. The summed E-state index contributed by atoms with van der Waals surface area (Å²) in [7, 11) is 0. The van der Waals surface area contributed by atoms with Gasteiger partial charge in [-0.1, -0.05) is 41.9 Å². The van der Waals surface area contributed by atoms with Gasteiger partial charge in [-0.25, -0.2) is 0 Å². The van der Waals surface area contributed by atoms with E-state index in [1.807, 2.05) is 37.3 Å². The lowest BCUT2D eigenvalue weighted by Crippen LogP contribution is -2.57. The van der Waals surface area contributed by atoms with Gasteiger partial charge in [0.15, 0.2) is 0 Å². The van der Waals surface area contributed by atoms with Gasteiger partial charge < -0.3 is 10.6 Å². The van der Waals surface area contributed by atoms with Crippen molar-refractivity contribution in [3.05, 3.63) is 87.9 Å². The van der Waals surface area contributed by atoms with E-state index < -0.39 is 0 Å². The Bertz CT molecular complexity index is 1290. The van der Waals surface area contributed by atoms with Gasteiger partial charge in [-0.3, -0.25) is 9.69 Å². The lowest BCUT2D eigenvalue weighted by Gasteiger charge is -2.50. The van der Waals surface area contributed by atoms with Gasteiger partial charge in [0.2, 0.25) is 5.91 Å². The molecule has 1 amide bonds. The molecule has 3 aromatic rings. The fourth-order valence-corrected chi connectivity index (χ4v) is 5.97. The molecule has 1 spiro atoms. The lowest BCUT2D eigenvalue weighted by atomic mass is 9.74. The molecule has 2 heterocycles. The molecule has 0 radical (unpaired) electrons. The van der Waals surface area contributed by atoms with Crippen LogP contribution < -0.4 is 10.6 Å². The number of benzene rings is 3. The van der Waals surface area contributed by atoms with Crippen LogP contribution in [0, 0.1) is 18.3 Å². The first-order valence-electron chi connectivity index (χ1n) is 12.1. The summed E-state index contributed by atoms with van der Waals surface area (Å²) in [6.45, 7) is 5.00. The number of nitrogens with zero attached hydrogens (tertiary/aromatic N) is 2. The molecule has 0 atom stereocenters. The highest BCUT2D eigenvalue weighted by atomic mass is 35.5. The quantitative estimate of drug-likeness (QED) is 0.530. The number of hydrogen-bond acceptors (Lipinski definition) is 4.